The van der Waals surface area contributed by atoms with Crippen LogP contribution in [-0.2, 0) is 10.0 Å². The van der Waals surface area contributed by atoms with Crippen LogP contribution in [0, 0.1) is 11.8 Å². The third kappa shape index (κ3) is 3.17. The van der Waals surface area contributed by atoms with Crippen molar-refractivity contribution in [1.29, 1.82) is 0 Å². The molecule has 1 heterocycles. The van der Waals surface area contributed by atoms with E-state index in [0.29, 0.717) is 11.8 Å². The molecule has 4 rings (SSSR count). The zero-order valence-electron chi connectivity index (χ0n) is 13.8. The van der Waals surface area contributed by atoms with E-state index >= 15 is 0 Å². The number of benzene rings is 1. The highest BCUT2D eigenvalue weighted by Gasteiger charge is 2.38. The first-order valence-electron chi connectivity index (χ1n) is 8.23. The van der Waals surface area contributed by atoms with Crippen molar-refractivity contribution in [3.63, 3.8) is 0 Å². The third-order valence-electron chi connectivity index (χ3n) is 4.64. The van der Waals surface area contributed by atoms with Crippen molar-refractivity contribution in [1.82, 2.24) is 5.43 Å². The lowest BCUT2D eigenvalue weighted by molar-refractivity contribution is 0.0955. The van der Waals surface area contributed by atoms with Gasteiger partial charge in [0.05, 0.1) is 11.3 Å². The van der Waals surface area contributed by atoms with E-state index in [1.807, 2.05) is 0 Å². The Balaban J connectivity index is 1.50. The minimum Gasteiger partial charge on any atom is -0.278 e. The summed E-state index contributed by atoms with van der Waals surface area (Å²) in [5.74, 6) is 0.523. The fraction of sp³-hybridized carbons (Fsp3) is 0.222. The number of amides is 1. The van der Waals surface area contributed by atoms with Crippen molar-refractivity contribution in [2.45, 2.75) is 17.1 Å². The molecule has 8 heteroatoms. The van der Waals surface area contributed by atoms with E-state index in [1.165, 1.54) is 6.07 Å². The number of nitrogens with one attached hydrogen (secondary N) is 2. The van der Waals surface area contributed by atoms with Gasteiger partial charge in [-0.25, -0.2) is 13.8 Å². The van der Waals surface area contributed by atoms with Crippen molar-refractivity contribution in [3.05, 3.63) is 59.5 Å². The number of hydrogen-bond acceptors (Lipinski definition) is 5. The highest BCUT2D eigenvalue weighted by atomic mass is 32.2. The minimum atomic E-state index is -3.72. The zero-order chi connectivity index (χ0) is 18.1. The van der Waals surface area contributed by atoms with Crippen LogP contribution in [0.15, 0.2) is 63.2 Å². The molecular weight excluding hydrogens is 370 g/mol. The van der Waals surface area contributed by atoms with Gasteiger partial charge in [0.25, 0.3) is 15.9 Å². The quantitative estimate of drug-likeness (QED) is 0.610. The van der Waals surface area contributed by atoms with Crippen molar-refractivity contribution in [3.8, 4) is 0 Å². The summed E-state index contributed by atoms with van der Waals surface area (Å²) in [6.45, 7) is 0. The second-order valence-corrected chi connectivity index (χ2v) is 9.12. The number of nitrogens with zero attached hydrogens (tertiary/aromatic N) is 1. The predicted molar refractivity (Wildman–Crippen MR) is 102 cm³/mol. The largest absolute Gasteiger partial charge is 0.278 e. The summed E-state index contributed by atoms with van der Waals surface area (Å²) in [6.07, 6.45) is 6.18. The minimum absolute atomic E-state index is 0.196. The number of hydrazone groups is 1. The Morgan fingerprint density at radius 2 is 2.04 bits per heavy atom. The highest BCUT2D eigenvalue weighted by molar-refractivity contribution is 7.94. The van der Waals surface area contributed by atoms with Gasteiger partial charge in [0.1, 0.15) is 4.21 Å². The maximum absolute atomic E-state index is 12.5. The molecule has 2 aliphatic rings. The van der Waals surface area contributed by atoms with Crippen LogP contribution < -0.4 is 10.1 Å². The van der Waals surface area contributed by atoms with E-state index in [-0.39, 0.29) is 15.5 Å². The molecule has 0 radical (unpaired) electrons. The van der Waals surface area contributed by atoms with E-state index in [0.717, 1.165) is 29.9 Å². The van der Waals surface area contributed by atoms with Crippen molar-refractivity contribution in [2.75, 3.05) is 4.72 Å². The molecule has 1 aromatic carbocycles. The van der Waals surface area contributed by atoms with Gasteiger partial charge in [-0.1, -0.05) is 30.4 Å². The number of para-hydroxylation sites is 1. The van der Waals surface area contributed by atoms with Gasteiger partial charge in [-0.2, -0.15) is 5.10 Å². The van der Waals surface area contributed by atoms with Gasteiger partial charge in [-0.3, -0.25) is 9.52 Å². The number of rotatable bonds is 5. The molecule has 2 aliphatic carbocycles. The number of anilines is 1. The van der Waals surface area contributed by atoms with Crippen LogP contribution in [0.4, 0.5) is 5.69 Å². The number of thiophene rings is 1. The van der Waals surface area contributed by atoms with Crippen LogP contribution in [-0.4, -0.2) is 20.0 Å². The number of fused-ring (bicyclic) bond motifs is 1. The van der Waals surface area contributed by atoms with Gasteiger partial charge in [-0.05, 0) is 42.3 Å². The Kier molecular flexibility index (Phi) is 4.37. The molecule has 134 valence electrons. The summed E-state index contributed by atoms with van der Waals surface area (Å²) in [6, 6.07) is 9.68. The molecule has 2 atom stereocenters. The molecule has 2 aromatic rings. The Morgan fingerprint density at radius 1 is 1.19 bits per heavy atom. The van der Waals surface area contributed by atoms with Gasteiger partial charge < -0.3 is 0 Å². The van der Waals surface area contributed by atoms with E-state index < -0.39 is 15.9 Å². The average molecular weight is 387 g/mol. The Labute approximate surface area is 155 Å². The van der Waals surface area contributed by atoms with E-state index in [4.69, 9.17) is 0 Å². The summed E-state index contributed by atoms with van der Waals surface area (Å²) in [5, 5.41) is 5.93. The molecule has 2 unspecified atom stereocenters. The molecule has 0 spiro atoms. The molecule has 1 aromatic heterocycles. The van der Waals surface area contributed by atoms with Crippen LogP contribution in [0.25, 0.3) is 0 Å². The van der Waals surface area contributed by atoms with Crippen LogP contribution >= 0.6 is 11.3 Å². The second kappa shape index (κ2) is 6.69. The fourth-order valence-electron chi connectivity index (χ4n) is 3.23. The molecule has 0 saturated heterocycles. The number of hydrogen-bond donors (Lipinski definition) is 2. The number of carbonyl (C=O) groups is 1. The van der Waals surface area contributed by atoms with Crippen LogP contribution in [0.1, 0.15) is 23.2 Å². The van der Waals surface area contributed by atoms with Gasteiger partial charge in [0.15, 0.2) is 0 Å². The molecule has 0 aliphatic heterocycles. The Morgan fingerprint density at radius 3 is 2.81 bits per heavy atom. The first-order valence-corrected chi connectivity index (χ1v) is 10.6. The smallest absolute Gasteiger partial charge is 0.273 e. The summed E-state index contributed by atoms with van der Waals surface area (Å²) in [5.41, 5.74) is 4.02. The van der Waals surface area contributed by atoms with Crippen LogP contribution in [0.3, 0.4) is 0 Å². The Bertz CT molecular complexity index is 994. The van der Waals surface area contributed by atoms with E-state index in [9.17, 15) is 13.2 Å². The first kappa shape index (κ1) is 17.0. The molecule has 2 N–H and O–H groups in total. The average Bonchev–Trinajstić information content (AvgIpc) is 3.26. The summed E-state index contributed by atoms with van der Waals surface area (Å²) in [7, 11) is -3.72. The molecular formula is C18H17N3O3S2. The number of allylic oxidation sites excluding steroid dienone is 2. The summed E-state index contributed by atoms with van der Waals surface area (Å²) >= 11 is 1.12. The van der Waals surface area contributed by atoms with Crippen molar-refractivity contribution in [2.24, 2.45) is 16.9 Å². The van der Waals surface area contributed by atoms with Crippen LogP contribution in [0.5, 0.6) is 0 Å². The lowest BCUT2D eigenvalue weighted by atomic mass is 9.74. The number of sulfonamides is 1. The van der Waals surface area contributed by atoms with Crippen LogP contribution in [0.2, 0.25) is 0 Å². The standard InChI is InChI=1S/C18H17N3O3S2/c22-18(20-19-16-11-12-5-3-7-13(12)16)14-6-1-2-8-15(14)21-26(23,24)17-9-4-10-25-17/h1-6,8-10,12-13,21H,7,11H2,(H,20,22)/b19-16+. The maximum atomic E-state index is 12.5. The van der Waals surface area contributed by atoms with Crippen molar-refractivity contribution < 1.29 is 13.2 Å². The lowest BCUT2D eigenvalue weighted by Crippen LogP contribution is -2.35. The van der Waals surface area contributed by atoms with Gasteiger partial charge in [0, 0.05) is 11.6 Å². The molecule has 26 heavy (non-hydrogen) atoms. The SMILES string of the molecule is O=C(N/N=C1\CC2C=CCC12)c1ccccc1NS(=O)(=O)c1cccs1. The third-order valence-corrected chi connectivity index (χ3v) is 7.40. The highest BCUT2D eigenvalue weighted by Crippen LogP contribution is 2.40. The fourth-order valence-corrected chi connectivity index (χ4v) is 5.30. The summed E-state index contributed by atoms with van der Waals surface area (Å²) < 4.78 is 27.5. The van der Waals surface area contributed by atoms with E-state index in [1.54, 1.807) is 35.7 Å². The van der Waals surface area contributed by atoms with Crippen molar-refractivity contribution >= 4 is 38.7 Å². The lowest BCUT2D eigenvalue weighted by Gasteiger charge is -2.31. The topological polar surface area (TPSA) is 87.6 Å². The van der Waals surface area contributed by atoms with Gasteiger partial charge in [0.2, 0.25) is 0 Å². The normalized spacial score (nSPS) is 22.7. The molecule has 1 amide bonds. The zero-order valence-corrected chi connectivity index (χ0v) is 15.4. The molecule has 6 nitrogen and oxygen atoms in total. The predicted octanol–water partition coefficient (Wildman–Crippen LogP) is 3.23. The summed E-state index contributed by atoms with van der Waals surface area (Å²) in [4.78, 5) is 12.5. The monoisotopic (exact) mass is 387 g/mol. The molecule has 1 saturated carbocycles. The molecule has 1 fully saturated rings. The second-order valence-electron chi connectivity index (χ2n) is 6.27. The number of carbonyl (C=O) groups excluding carboxylic acids is 1. The first-order chi connectivity index (χ1) is 12.5. The molecule has 0 bridgehead atoms. The van der Waals surface area contributed by atoms with Gasteiger partial charge >= 0.3 is 0 Å². The maximum Gasteiger partial charge on any atom is 0.273 e. The van der Waals surface area contributed by atoms with Gasteiger partial charge in [-0.15, -0.1) is 11.3 Å². The Hall–Kier alpha value is -2.45. The van der Waals surface area contributed by atoms with E-state index in [2.05, 4.69) is 27.4 Å².